The lowest BCUT2D eigenvalue weighted by molar-refractivity contribution is 0.0886. The summed E-state index contributed by atoms with van der Waals surface area (Å²) in [5.74, 6) is -0.0678. The minimum Gasteiger partial charge on any atom is -0.450 e. The highest BCUT2D eigenvalue weighted by atomic mass is 16.5. The van der Waals surface area contributed by atoms with Crippen molar-refractivity contribution in [1.82, 2.24) is 20.0 Å². The predicted molar refractivity (Wildman–Crippen MR) is 157 cm³/mol. The van der Waals surface area contributed by atoms with Crippen molar-refractivity contribution in [1.29, 1.82) is 0 Å². The zero-order valence-corrected chi connectivity index (χ0v) is 23.6. The van der Waals surface area contributed by atoms with Crippen molar-refractivity contribution in [2.45, 2.75) is 65.1 Å². The van der Waals surface area contributed by atoms with E-state index in [9.17, 15) is 14.4 Å². The van der Waals surface area contributed by atoms with Gasteiger partial charge in [0.05, 0.1) is 18.8 Å². The van der Waals surface area contributed by atoms with Crippen LogP contribution >= 0.6 is 0 Å². The van der Waals surface area contributed by atoms with E-state index in [1.165, 1.54) is 10.7 Å². The van der Waals surface area contributed by atoms with Crippen molar-refractivity contribution >= 4 is 17.7 Å². The average molecular weight is 546 g/mol. The highest BCUT2D eigenvalue weighted by Gasteiger charge is 2.24. The molecule has 0 saturated carbocycles. The third kappa shape index (κ3) is 7.57. The van der Waals surface area contributed by atoms with E-state index in [0.717, 1.165) is 49.9 Å². The van der Waals surface area contributed by atoms with Gasteiger partial charge in [-0.2, -0.15) is 5.10 Å². The average Bonchev–Trinajstić information content (AvgIpc) is 2.96. The van der Waals surface area contributed by atoms with Crippen LogP contribution in [0.3, 0.4) is 0 Å². The first-order valence-electron chi connectivity index (χ1n) is 14.2. The van der Waals surface area contributed by atoms with Crippen LogP contribution in [-0.4, -0.2) is 58.5 Å². The highest BCUT2D eigenvalue weighted by Crippen LogP contribution is 2.20. The van der Waals surface area contributed by atoms with Gasteiger partial charge in [-0.1, -0.05) is 38.1 Å². The molecule has 0 bridgehead atoms. The molecule has 1 fully saturated rings. The fourth-order valence-corrected chi connectivity index (χ4v) is 5.20. The molecule has 1 aliphatic rings. The maximum atomic E-state index is 12.9. The second-order valence-corrected chi connectivity index (χ2v) is 10.1. The normalized spacial score (nSPS) is 14.2. The Bertz CT molecular complexity index is 1340. The molecule has 2 N–H and O–H groups in total. The third-order valence-electron chi connectivity index (χ3n) is 7.41. The lowest BCUT2D eigenvalue weighted by Gasteiger charge is -2.37. The predicted octanol–water partition coefficient (Wildman–Crippen LogP) is 4.91. The largest absolute Gasteiger partial charge is 0.450 e. The van der Waals surface area contributed by atoms with Gasteiger partial charge >= 0.3 is 6.09 Å². The van der Waals surface area contributed by atoms with E-state index in [1.54, 1.807) is 43.3 Å². The number of anilines is 1. The molecule has 2 heterocycles. The Hall–Kier alpha value is -3.98. The minimum absolute atomic E-state index is 0.0678. The second kappa shape index (κ2) is 13.9. The molecule has 1 aromatic heterocycles. The number of benzene rings is 2. The summed E-state index contributed by atoms with van der Waals surface area (Å²) in [5.41, 5.74) is 3.18. The first-order chi connectivity index (χ1) is 19.4. The van der Waals surface area contributed by atoms with E-state index in [-0.39, 0.29) is 30.7 Å². The van der Waals surface area contributed by atoms with Crippen LogP contribution in [-0.2, 0) is 11.3 Å². The fraction of sp³-hybridized carbons (Fsp3) is 0.419. The number of likely N-dealkylation sites (tertiary alicyclic amines) is 1. The monoisotopic (exact) mass is 545 g/mol. The van der Waals surface area contributed by atoms with Crippen molar-refractivity contribution in [2.75, 3.05) is 25.0 Å². The van der Waals surface area contributed by atoms with E-state index in [2.05, 4.69) is 34.5 Å². The lowest BCUT2D eigenvalue weighted by atomic mass is 10.0. The molecule has 9 heteroatoms. The molecule has 1 saturated heterocycles. The Morgan fingerprint density at radius 1 is 1.00 bits per heavy atom. The number of hydrogen-bond donors (Lipinski definition) is 2. The van der Waals surface area contributed by atoms with Gasteiger partial charge in [0.15, 0.2) is 0 Å². The van der Waals surface area contributed by atoms with Gasteiger partial charge in [0.1, 0.15) is 0 Å². The minimum atomic E-state index is -0.531. The Labute approximate surface area is 235 Å². The van der Waals surface area contributed by atoms with Crippen LogP contribution in [0.1, 0.15) is 62.4 Å². The fourth-order valence-electron chi connectivity index (χ4n) is 5.20. The molecule has 212 valence electrons. The number of nitrogens with one attached hydrogen (secondary N) is 2. The van der Waals surface area contributed by atoms with Crippen molar-refractivity contribution in [3.05, 3.63) is 82.1 Å². The molecule has 3 aromatic rings. The summed E-state index contributed by atoms with van der Waals surface area (Å²) >= 11 is 0. The molecule has 0 radical (unpaired) electrons. The number of rotatable bonds is 10. The smallest absolute Gasteiger partial charge is 0.411 e. The van der Waals surface area contributed by atoms with E-state index < -0.39 is 6.09 Å². The summed E-state index contributed by atoms with van der Waals surface area (Å²) in [5, 5.41) is 10.4. The summed E-state index contributed by atoms with van der Waals surface area (Å²) in [7, 11) is 0. The van der Waals surface area contributed by atoms with Crippen molar-refractivity contribution in [2.24, 2.45) is 0 Å². The van der Waals surface area contributed by atoms with Crippen LogP contribution in [0.4, 0.5) is 10.5 Å². The van der Waals surface area contributed by atoms with Gasteiger partial charge in [-0.15, -0.1) is 0 Å². The van der Waals surface area contributed by atoms with Gasteiger partial charge in [0.2, 0.25) is 0 Å². The number of hydrogen-bond acceptors (Lipinski definition) is 6. The highest BCUT2D eigenvalue weighted by molar-refractivity contribution is 5.94. The Morgan fingerprint density at radius 2 is 1.73 bits per heavy atom. The van der Waals surface area contributed by atoms with Gasteiger partial charge in [-0.25, -0.2) is 9.48 Å². The van der Waals surface area contributed by atoms with Gasteiger partial charge in [0, 0.05) is 48.1 Å². The Balaban J connectivity index is 1.38. The molecule has 9 nitrogen and oxygen atoms in total. The molecular formula is C31H39N5O4. The van der Waals surface area contributed by atoms with Gasteiger partial charge in [-0.3, -0.25) is 14.9 Å². The first kappa shape index (κ1) is 29.0. The molecule has 2 aromatic carbocycles. The SMILES string of the molecule is CCOC(=O)Nc1cccc(Cn2nc(-c3ccc(C(=O)NC4CCN(C(CC)CC)CC4)cc3)ccc2=O)c1. The second-order valence-electron chi connectivity index (χ2n) is 10.1. The zero-order chi connectivity index (χ0) is 28.5. The molecule has 0 atom stereocenters. The zero-order valence-electron chi connectivity index (χ0n) is 23.6. The summed E-state index contributed by atoms with van der Waals surface area (Å²) < 4.78 is 6.31. The van der Waals surface area contributed by atoms with E-state index in [4.69, 9.17) is 4.74 Å². The summed E-state index contributed by atoms with van der Waals surface area (Å²) in [6.07, 6.45) is 3.72. The Morgan fingerprint density at radius 3 is 2.40 bits per heavy atom. The lowest BCUT2D eigenvalue weighted by Crippen LogP contribution is -2.47. The number of carbonyl (C=O) groups excluding carboxylic acids is 2. The van der Waals surface area contributed by atoms with Crippen molar-refractivity contribution in [3.8, 4) is 11.3 Å². The van der Waals surface area contributed by atoms with E-state index in [0.29, 0.717) is 23.0 Å². The number of amides is 2. The van der Waals surface area contributed by atoms with Crippen LogP contribution in [0.15, 0.2) is 65.5 Å². The molecule has 1 aliphatic heterocycles. The number of carbonyl (C=O) groups is 2. The standard InChI is InChI=1S/C31H39N5O4/c1-4-27(5-2)35-18-16-25(17-19-35)32-30(38)24-12-10-23(11-13-24)28-14-15-29(37)36(34-28)21-22-8-7-9-26(20-22)33-31(39)40-6-3/h7-15,20,25,27H,4-6,16-19,21H2,1-3H3,(H,32,38)(H,33,39). The van der Waals surface area contributed by atoms with Crippen molar-refractivity contribution in [3.63, 3.8) is 0 Å². The number of ether oxygens (including phenoxy) is 1. The quantitative estimate of drug-likeness (QED) is 0.375. The van der Waals surface area contributed by atoms with Crippen LogP contribution in [0.5, 0.6) is 0 Å². The third-order valence-corrected chi connectivity index (χ3v) is 7.41. The molecular weight excluding hydrogens is 506 g/mol. The van der Waals surface area contributed by atoms with Gasteiger partial charge in [-0.05, 0) is 68.5 Å². The topological polar surface area (TPSA) is 106 Å². The molecule has 0 unspecified atom stereocenters. The van der Waals surface area contributed by atoms with Crippen LogP contribution in [0.25, 0.3) is 11.3 Å². The van der Waals surface area contributed by atoms with Gasteiger partial charge < -0.3 is 15.0 Å². The molecule has 0 aliphatic carbocycles. The maximum Gasteiger partial charge on any atom is 0.411 e. The van der Waals surface area contributed by atoms with Crippen LogP contribution < -0.4 is 16.2 Å². The molecule has 4 rings (SSSR count). The van der Waals surface area contributed by atoms with Gasteiger partial charge in [0.25, 0.3) is 11.5 Å². The maximum absolute atomic E-state index is 12.9. The molecule has 2 amide bonds. The Kier molecular flexibility index (Phi) is 10.1. The summed E-state index contributed by atoms with van der Waals surface area (Å²) in [6, 6.07) is 18.5. The summed E-state index contributed by atoms with van der Waals surface area (Å²) in [6.45, 7) is 8.77. The van der Waals surface area contributed by atoms with Crippen molar-refractivity contribution < 1.29 is 14.3 Å². The van der Waals surface area contributed by atoms with E-state index in [1.807, 2.05) is 18.2 Å². The van der Waals surface area contributed by atoms with Crippen LogP contribution in [0.2, 0.25) is 0 Å². The van der Waals surface area contributed by atoms with E-state index >= 15 is 0 Å². The first-order valence-corrected chi connectivity index (χ1v) is 14.2. The summed E-state index contributed by atoms with van der Waals surface area (Å²) in [4.78, 5) is 39.7. The van der Waals surface area contributed by atoms with Crippen LogP contribution in [0, 0.1) is 0 Å². The molecule has 40 heavy (non-hydrogen) atoms. The number of aromatic nitrogens is 2. The number of nitrogens with zero attached hydrogens (tertiary/aromatic N) is 3. The number of piperidine rings is 1. The molecule has 0 spiro atoms.